The fourth-order valence-electron chi connectivity index (χ4n) is 10.3. The van der Waals surface area contributed by atoms with Crippen LogP contribution in [0.15, 0.2) is 218 Å². The Morgan fingerprint density at radius 1 is 0.500 bits per heavy atom. The van der Waals surface area contributed by atoms with Gasteiger partial charge < -0.3 is 9.47 Å². The molecule has 0 amide bonds. The van der Waals surface area contributed by atoms with E-state index >= 15 is 0 Å². The van der Waals surface area contributed by atoms with E-state index in [2.05, 4.69) is 256 Å². The van der Waals surface area contributed by atoms with Crippen LogP contribution in [0, 0.1) is 0 Å². The van der Waals surface area contributed by atoms with Crippen LogP contribution in [0.2, 0.25) is 0 Å². The smallest absolute Gasteiger partial charge is 0.0619 e. The van der Waals surface area contributed by atoms with E-state index in [-0.39, 0.29) is 5.41 Å². The van der Waals surface area contributed by atoms with E-state index in [1.165, 1.54) is 93.9 Å². The van der Waals surface area contributed by atoms with Crippen LogP contribution in [0.5, 0.6) is 0 Å². The van der Waals surface area contributed by atoms with E-state index in [0.717, 1.165) is 23.5 Å². The molecule has 0 saturated carbocycles. The zero-order valence-corrected chi connectivity index (χ0v) is 36.9. The molecule has 0 spiro atoms. The summed E-state index contributed by atoms with van der Waals surface area (Å²) in [6, 6.07) is 74.0. The molecule has 9 aromatic carbocycles. The molecule has 1 aromatic heterocycles. The van der Waals surface area contributed by atoms with Crippen LogP contribution in [0.1, 0.15) is 50.8 Å². The van der Waals surface area contributed by atoms with Gasteiger partial charge in [-0.05, 0) is 135 Å². The van der Waals surface area contributed by atoms with Crippen molar-refractivity contribution in [1.82, 2.24) is 4.57 Å². The summed E-state index contributed by atoms with van der Waals surface area (Å²) in [5.41, 5.74) is 19.6. The predicted molar refractivity (Wildman–Crippen MR) is 274 cm³/mol. The summed E-state index contributed by atoms with van der Waals surface area (Å²) in [6.07, 6.45) is 7.61. The number of allylic oxidation sites excluding steroid dienone is 4. The van der Waals surface area contributed by atoms with Crippen LogP contribution in [-0.2, 0) is 5.41 Å². The molecule has 0 fully saturated rings. The number of hydrogen-bond acceptors (Lipinski definition) is 1. The van der Waals surface area contributed by atoms with Crippen molar-refractivity contribution in [2.24, 2.45) is 0 Å². The molecule has 0 bridgehead atoms. The number of benzene rings is 9. The number of anilines is 3. The first kappa shape index (κ1) is 39.2. The Morgan fingerprint density at radius 3 is 1.80 bits per heavy atom. The second-order valence-electron chi connectivity index (χ2n) is 17.5. The second kappa shape index (κ2) is 15.9. The number of fused-ring (bicyclic) bond motifs is 8. The third-order valence-corrected chi connectivity index (χ3v) is 13.4. The minimum Gasteiger partial charge on any atom is -0.310 e. The van der Waals surface area contributed by atoms with Gasteiger partial charge in [0.1, 0.15) is 0 Å². The molecule has 2 nitrogen and oxygen atoms in total. The van der Waals surface area contributed by atoms with Crippen molar-refractivity contribution in [3.05, 3.63) is 235 Å². The zero-order valence-electron chi connectivity index (χ0n) is 36.9. The van der Waals surface area contributed by atoms with Crippen LogP contribution in [0.25, 0.3) is 77.2 Å². The highest BCUT2D eigenvalue weighted by atomic mass is 15.1. The van der Waals surface area contributed by atoms with Gasteiger partial charge in [-0.25, -0.2) is 0 Å². The number of rotatable bonds is 9. The van der Waals surface area contributed by atoms with E-state index in [1.54, 1.807) is 0 Å². The maximum Gasteiger partial charge on any atom is 0.0619 e. The second-order valence-corrected chi connectivity index (χ2v) is 17.5. The summed E-state index contributed by atoms with van der Waals surface area (Å²) in [5, 5.41) is 5.02. The fourth-order valence-corrected chi connectivity index (χ4v) is 10.3. The molecule has 1 aliphatic rings. The molecule has 0 N–H and O–H groups in total. The SMILES string of the molecule is C/C=C\C(=C/CC)c1ccc(N(c2ccc(-c3ccc(-c4cc5c6ccccc6n(-c6ccccc6)c5c5ccccc45)cc3)cc2)c2ccc3c(c2)C(C)(C)c2ccccc2-3)cc1. The van der Waals surface area contributed by atoms with Gasteiger partial charge in [-0.3, -0.25) is 0 Å². The van der Waals surface area contributed by atoms with Crippen molar-refractivity contribution in [3.8, 4) is 39.1 Å². The minimum absolute atomic E-state index is 0.0983. The third kappa shape index (κ3) is 6.48. The van der Waals surface area contributed by atoms with Crippen LogP contribution in [0.3, 0.4) is 0 Å². The maximum absolute atomic E-state index is 2.43. The van der Waals surface area contributed by atoms with Crippen molar-refractivity contribution in [1.29, 1.82) is 0 Å². The van der Waals surface area contributed by atoms with Crippen LogP contribution in [-0.4, -0.2) is 4.57 Å². The summed E-state index contributed by atoms with van der Waals surface area (Å²) >= 11 is 0. The monoisotopic (exact) mass is 822 g/mol. The standard InChI is InChI=1S/C62H50N2/c1-5-16-42(17-6-2)44-30-34-48(35-31-44)63(50-38-39-53-52-21-12-14-24-58(52)62(3,4)59(53)40-50)49-36-32-45(33-37-49)43-26-28-46(29-27-43)56-41-57-54-22-13-15-25-60(54)64(47-18-8-7-9-19-47)61(57)55-23-11-10-20-51(55)56/h5,7-41H,6H2,1-4H3/b16-5-,42-17+. The molecule has 308 valence electrons. The van der Waals surface area contributed by atoms with Crippen molar-refractivity contribution < 1.29 is 0 Å². The molecule has 2 heteroatoms. The first-order valence-electron chi connectivity index (χ1n) is 22.6. The summed E-state index contributed by atoms with van der Waals surface area (Å²) in [5.74, 6) is 0. The Labute approximate surface area is 376 Å². The Bertz CT molecular complexity index is 3420. The summed E-state index contributed by atoms with van der Waals surface area (Å²) in [7, 11) is 0. The molecule has 64 heavy (non-hydrogen) atoms. The molecule has 0 aliphatic heterocycles. The van der Waals surface area contributed by atoms with Gasteiger partial charge in [-0.2, -0.15) is 0 Å². The average molecular weight is 823 g/mol. The highest BCUT2D eigenvalue weighted by Crippen LogP contribution is 2.51. The first-order valence-corrected chi connectivity index (χ1v) is 22.6. The Kier molecular flexibility index (Phi) is 9.74. The highest BCUT2D eigenvalue weighted by Gasteiger charge is 2.35. The third-order valence-electron chi connectivity index (χ3n) is 13.4. The molecule has 10 aromatic rings. The largest absolute Gasteiger partial charge is 0.310 e. The fraction of sp³-hybridized carbons (Fsp3) is 0.0968. The van der Waals surface area contributed by atoms with Crippen molar-refractivity contribution >= 4 is 55.2 Å². The van der Waals surface area contributed by atoms with Crippen molar-refractivity contribution in [2.75, 3.05) is 4.90 Å². The van der Waals surface area contributed by atoms with Gasteiger partial charge in [0.15, 0.2) is 0 Å². The van der Waals surface area contributed by atoms with Gasteiger partial charge in [-0.1, -0.05) is 179 Å². The summed E-state index contributed by atoms with van der Waals surface area (Å²) < 4.78 is 2.43. The highest BCUT2D eigenvalue weighted by molar-refractivity contribution is 6.22. The Morgan fingerprint density at radius 2 is 1.08 bits per heavy atom. The van der Waals surface area contributed by atoms with E-state index < -0.39 is 0 Å². The van der Waals surface area contributed by atoms with Crippen molar-refractivity contribution in [2.45, 2.75) is 39.5 Å². The van der Waals surface area contributed by atoms with Gasteiger partial charge in [-0.15, -0.1) is 0 Å². The topological polar surface area (TPSA) is 8.17 Å². The maximum atomic E-state index is 2.43. The van der Waals surface area contributed by atoms with E-state index in [9.17, 15) is 0 Å². The number of para-hydroxylation sites is 2. The number of hydrogen-bond donors (Lipinski definition) is 0. The molecule has 1 aliphatic carbocycles. The van der Waals surface area contributed by atoms with Crippen LogP contribution in [0.4, 0.5) is 17.1 Å². The van der Waals surface area contributed by atoms with Crippen LogP contribution >= 0.6 is 0 Å². The lowest BCUT2D eigenvalue weighted by Crippen LogP contribution is -2.16. The lowest BCUT2D eigenvalue weighted by molar-refractivity contribution is 0.660. The molecule has 11 rings (SSSR count). The van der Waals surface area contributed by atoms with Gasteiger partial charge in [0, 0.05) is 44.3 Å². The molecule has 0 atom stereocenters. The van der Waals surface area contributed by atoms with Crippen molar-refractivity contribution in [3.63, 3.8) is 0 Å². The summed E-state index contributed by atoms with van der Waals surface area (Å²) in [6.45, 7) is 8.99. The quantitative estimate of drug-likeness (QED) is 0.132. The van der Waals surface area contributed by atoms with E-state index in [1.807, 2.05) is 0 Å². The van der Waals surface area contributed by atoms with Gasteiger partial charge in [0.2, 0.25) is 0 Å². The van der Waals surface area contributed by atoms with E-state index in [0.29, 0.717) is 0 Å². The van der Waals surface area contributed by atoms with Gasteiger partial charge >= 0.3 is 0 Å². The lowest BCUT2D eigenvalue weighted by Gasteiger charge is -2.28. The number of nitrogens with zero attached hydrogens (tertiary/aromatic N) is 2. The summed E-state index contributed by atoms with van der Waals surface area (Å²) in [4.78, 5) is 2.41. The molecule has 1 heterocycles. The molecule has 0 unspecified atom stereocenters. The normalized spacial score (nSPS) is 13.2. The van der Waals surface area contributed by atoms with Gasteiger partial charge in [0.05, 0.1) is 11.0 Å². The number of aromatic nitrogens is 1. The zero-order chi connectivity index (χ0) is 43.4. The Hall–Kier alpha value is -7.68. The lowest BCUT2D eigenvalue weighted by atomic mass is 9.82. The molecule has 0 saturated heterocycles. The first-order chi connectivity index (χ1) is 31.4. The van der Waals surface area contributed by atoms with Crippen LogP contribution < -0.4 is 4.90 Å². The van der Waals surface area contributed by atoms with Gasteiger partial charge in [0.25, 0.3) is 0 Å². The minimum atomic E-state index is -0.0983. The Balaban J connectivity index is 0.971. The average Bonchev–Trinajstić information content (AvgIpc) is 3.80. The molecule has 0 radical (unpaired) electrons. The molecular weight excluding hydrogens is 773 g/mol. The molecular formula is C62H50N2. The predicted octanol–water partition coefficient (Wildman–Crippen LogP) is 17.4. The van der Waals surface area contributed by atoms with E-state index in [4.69, 9.17) is 0 Å².